The van der Waals surface area contributed by atoms with Crippen LogP contribution in [0.15, 0.2) is 0 Å². The zero-order valence-corrected chi connectivity index (χ0v) is 12.8. The Balaban J connectivity index is 1.70. The average Bonchev–Trinajstić information content (AvgIpc) is 2.99. The third kappa shape index (κ3) is 2.93. The number of carboxylic acids is 1. The molecule has 21 heavy (non-hydrogen) atoms. The van der Waals surface area contributed by atoms with Crippen molar-refractivity contribution in [2.24, 2.45) is 17.8 Å². The Hall–Kier alpha value is -1.10. The summed E-state index contributed by atoms with van der Waals surface area (Å²) in [5.41, 5.74) is 0. The van der Waals surface area contributed by atoms with E-state index in [1.807, 2.05) is 4.90 Å². The molecule has 1 aliphatic carbocycles. The van der Waals surface area contributed by atoms with Crippen LogP contribution in [-0.2, 0) is 9.59 Å². The fraction of sp³-hybridized carbons (Fsp3) is 0.875. The molecule has 0 spiro atoms. The van der Waals surface area contributed by atoms with E-state index in [1.54, 1.807) is 0 Å². The van der Waals surface area contributed by atoms with Gasteiger partial charge in [-0.05, 0) is 44.6 Å². The predicted molar refractivity (Wildman–Crippen MR) is 78.8 cm³/mol. The summed E-state index contributed by atoms with van der Waals surface area (Å²) in [6.45, 7) is 5.90. The number of rotatable bonds is 2. The number of aliphatic carboxylic acids is 1. The van der Waals surface area contributed by atoms with Crippen molar-refractivity contribution >= 4 is 11.9 Å². The monoisotopic (exact) mass is 294 g/mol. The summed E-state index contributed by atoms with van der Waals surface area (Å²) in [6.07, 6.45) is 4.80. The van der Waals surface area contributed by atoms with Crippen molar-refractivity contribution < 1.29 is 14.7 Å². The van der Waals surface area contributed by atoms with Crippen molar-refractivity contribution in [2.45, 2.75) is 45.1 Å². The molecule has 5 nitrogen and oxygen atoms in total. The topological polar surface area (TPSA) is 60.9 Å². The Bertz CT molecular complexity index is 426. The largest absolute Gasteiger partial charge is 0.481 e. The summed E-state index contributed by atoms with van der Waals surface area (Å²) >= 11 is 0. The van der Waals surface area contributed by atoms with E-state index in [1.165, 1.54) is 12.8 Å². The van der Waals surface area contributed by atoms with E-state index in [2.05, 4.69) is 11.8 Å². The van der Waals surface area contributed by atoms with Crippen LogP contribution in [0.4, 0.5) is 0 Å². The number of carboxylic acid groups (broad SMARTS) is 1. The highest BCUT2D eigenvalue weighted by Crippen LogP contribution is 2.38. The van der Waals surface area contributed by atoms with Gasteiger partial charge in [0.05, 0.1) is 11.8 Å². The van der Waals surface area contributed by atoms with Gasteiger partial charge in [0, 0.05) is 25.7 Å². The first-order valence-corrected chi connectivity index (χ1v) is 8.32. The number of hydrogen-bond donors (Lipinski definition) is 1. The Kier molecular flexibility index (Phi) is 4.20. The first-order chi connectivity index (χ1) is 10.1. The maximum Gasteiger partial charge on any atom is 0.307 e. The molecule has 2 heterocycles. The molecular weight excluding hydrogens is 268 g/mol. The van der Waals surface area contributed by atoms with Crippen LogP contribution in [0.1, 0.15) is 39.0 Å². The van der Waals surface area contributed by atoms with Gasteiger partial charge in [-0.2, -0.15) is 0 Å². The molecular formula is C16H26N2O3. The van der Waals surface area contributed by atoms with Crippen molar-refractivity contribution in [1.82, 2.24) is 9.80 Å². The first-order valence-electron chi connectivity index (χ1n) is 8.32. The summed E-state index contributed by atoms with van der Waals surface area (Å²) in [5, 5.41) is 9.38. The van der Waals surface area contributed by atoms with Gasteiger partial charge in [0.15, 0.2) is 0 Å². The Morgan fingerprint density at radius 2 is 1.76 bits per heavy atom. The summed E-state index contributed by atoms with van der Waals surface area (Å²) in [6, 6.07) is 0.499. The Morgan fingerprint density at radius 3 is 2.52 bits per heavy atom. The number of amides is 1. The van der Waals surface area contributed by atoms with Gasteiger partial charge in [0.25, 0.3) is 0 Å². The van der Waals surface area contributed by atoms with Crippen molar-refractivity contribution in [2.75, 3.05) is 26.2 Å². The van der Waals surface area contributed by atoms with E-state index in [4.69, 9.17) is 0 Å². The molecule has 2 saturated heterocycles. The van der Waals surface area contributed by atoms with Gasteiger partial charge in [-0.25, -0.2) is 0 Å². The second kappa shape index (κ2) is 5.95. The van der Waals surface area contributed by atoms with Gasteiger partial charge in [-0.15, -0.1) is 0 Å². The molecule has 2 aliphatic heterocycles. The lowest BCUT2D eigenvalue weighted by Gasteiger charge is -2.29. The van der Waals surface area contributed by atoms with E-state index >= 15 is 0 Å². The molecule has 0 aromatic carbocycles. The molecule has 3 fully saturated rings. The first kappa shape index (κ1) is 14.8. The van der Waals surface area contributed by atoms with Crippen LogP contribution in [0.25, 0.3) is 0 Å². The maximum absolute atomic E-state index is 12.8. The molecule has 3 aliphatic rings. The van der Waals surface area contributed by atoms with E-state index in [9.17, 15) is 14.7 Å². The Morgan fingerprint density at radius 1 is 1.05 bits per heavy atom. The fourth-order valence-electron chi connectivity index (χ4n) is 4.48. The molecule has 0 radical (unpaired) electrons. The minimum absolute atomic E-state index is 0.0977. The molecule has 4 atom stereocenters. The van der Waals surface area contributed by atoms with Crippen molar-refractivity contribution in [3.05, 3.63) is 0 Å². The van der Waals surface area contributed by atoms with E-state index in [0.717, 1.165) is 39.0 Å². The lowest BCUT2D eigenvalue weighted by Crippen LogP contribution is -2.43. The second-order valence-electron chi connectivity index (χ2n) is 7.10. The average molecular weight is 294 g/mol. The third-order valence-electron chi connectivity index (χ3n) is 5.55. The van der Waals surface area contributed by atoms with E-state index in [0.29, 0.717) is 18.4 Å². The summed E-state index contributed by atoms with van der Waals surface area (Å²) < 4.78 is 0. The highest BCUT2D eigenvalue weighted by atomic mass is 16.4. The van der Waals surface area contributed by atoms with Gasteiger partial charge in [-0.3, -0.25) is 14.5 Å². The number of hydrogen-bond acceptors (Lipinski definition) is 3. The van der Waals surface area contributed by atoms with E-state index in [-0.39, 0.29) is 11.8 Å². The normalized spacial score (nSPS) is 37.3. The van der Waals surface area contributed by atoms with Gasteiger partial charge in [-0.1, -0.05) is 6.92 Å². The lowest BCUT2D eigenvalue weighted by molar-refractivity contribution is -0.149. The highest BCUT2D eigenvalue weighted by Gasteiger charge is 2.43. The quantitative estimate of drug-likeness (QED) is 0.837. The minimum atomic E-state index is -0.796. The lowest BCUT2D eigenvalue weighted by atomic mass is 9.94. The molecule has 0 aromatic heterocycles. The van der Waals surface area contributed by atoms with Crippen LogP contribution in [0.3, 0.4) is 0 Å². The van der Waals surface area contributed by atoms with Crippen LogP contribution in [-0.4, -0.2) is 59.0 Å². The molecule has 0 aromatic rings. The number of carbonyl (C=O) groups is 2. The molecule has 118 valence electrons. The maximum atomic E-state index is 12.8. The molecule has 5 heteroatoms. The molecule has 4 unspecified atom stereocenters. The zero-order chi connectivity index (χ0) is 15.0. The second-order valence-corrected chi connectivity index (χ2v) is 7.10. The molecule has 0 bridgehead atoms. The molecule has 3 rings (SSSR count). The number of fused-ring (bicyclic) bond motifs is 1. The summed E-state index contributed by atoms with van der Waals surface area (Å²) in [5.74, 6) is -1.13. The van der Waals surface area contributed by atoms with Crippen LogP contribution in [0.2, 0.25) is 0 Å². The molecule has 1 N–H and O–H groups in total. The number of nitrogens with zero attached hydrogens (tertiary/aromatic N) is 2. The summed E-state index contributed by atoms with van der Waals surface area (Å²) in [7, 11) is 0. The molecule has 1 saturated carbocycles. The van der Waals surface area contributed by atoms with Crippen molar-refractivity contribution in [1.29, 1.82) is 0 Å². The highest BCUT2D eigenvalue weighted by molar-refractivity contribution is 5.85. The predicted octanol–water partition coefficient (Wildman–Crippen LogP) is 1.43. The standard InChI is InChI=1S/C16H26N2O3/c1-11-8-13(14(9-11)16(20)21)15(19)18-7-3-6-17-5-2-4-12(17)10-18/h11-14H,2-10H2,1H3,(H,20,21). The fourth-order valence-corrected chi connectivity index (χ4v) is 4.48. The minimum Gasteiger partial charge on any atom is -0.481 e. The van der Waals surface area contributed by atoms with Crippen molar-refractivity contribution in [3.63, 3.8) is 0 Å². The van der Waals surface area contributed by atoms with Crippen LogP contribution in [0.5, 0.6) is 0 Å². The van der Waals surface area contributed by atoms with Crippen LogP contribution < -0.4 is 0 Å². The summed E-state index contributed by atoms with van der Waals surface area (Å²) in [4.78, 5) is 28.7. The number of carbonyl (C=O) groups excluding carboxylic acids is 1. The Labute approximate surface area is 126 Å². The third-order valence-corrected chi connectivity index (χ3v) is 5.55. The van der Waals surface area contributed by atoms with Gasteiger partial charge in [0.2, 0.25) is 5.91 Å². The van der Waals surface area contributed by atoms with Gasteiger partial charge < -0.3 is 10.0 Å². The van der Waals surface area contributed by atoms with Crippen LogP contribution >= 0.6 is 0 Å². The van der Waals surface area contributed by atoms with Crippen LogP contribution in [0, 0.1) is 17.8 Å². The molecule has 1 amide bonds. The van der Waals surface area contributed by atoms with E-state index < -0.39 is 11.9 Å². The smallest absolute Gasteiger partial charge is 0.307 e. The van der Waals surface area contributed by atoms with Crippen molar-refractivity contribution in [3.8, 4) is 0 Å². The van der Waals surface area contributed by atoms with Gasteiger partial charge in [0.1, 0.15) is 0 Å². The zero-order valence-electron chi connectivity index (χ0n) is 12.8. The SMILES string of the molecule is CC1CC(C(=O)O)C(C(=O)N2CCCN3CCCC3C2)C1. The van der Waals surface area contributed by atoms with Gasteiger partial charge >= 0.3 is 5.97 Å².